The lowest BCUT2D eigenvalue weighted by Gasteiger charge is -2.19. The zero-order valence-electron chi connectivity index (χ0n) is 19.7. The first-order chi connectivity index (χ1) is 15.5. The van der Waals surface area contributed by atoms with Crippen molar-refractivity contribution in [1.29, 1.82) is 5.26 Å². The van der Waals surface area contributed by atoms with Crippen LogP contribution in [0.5, 0.6) is 0 Å². The summed E-state index contributed by atoms with van der Waals surface area (Å²) in [6.07, 6.45) is 0. The van der Waals surface area contributed by atoms with Crippen LogP contribution in [0.2, 0.25) is 0 Å². The van der Waals surface area contributed by atoms with Crippen LogP contribution in [0, 0.1) is 25.2 Å². The fraction of sp³-hybridized carbons (Fsp3) is 0.308. The molecule has 7 heteroatoms. The van der Waals surface area contributed by atoms with Crippen molar-refractivity contribution in [3.63, 3.8) is 0 Å². The van der Waals surface area contributed by atoms with Crippen molar-refractivity contribution in [3.05, 3.63) is 75.1 Å². The summed E-state index contributed by atoms with van der Waals surface area (Å²) in [5, 5.41) is 12.3. The molecule has 1 aromatic heterocycles. The van der Waals surface area contributed by atoms with Gasteiger partial charge in [0.2, 0.25) is 5.91 Å². The molecule has 2 N–H and O–H groups in total. The minimum Gasteiger partial charge on any atom is -0.325 e. The molecule has 1 heterocycles. The Hall–Kier alpha value is -3.37. The topological polar surface area (TPSA) is 98.6 Å². The van der Waals surface area contributed by atoms with Gasteiger partial charge in [0.15, 0.2) is 5.16 Å². The number of hydrogen-bond acceptors (Lipinski definition) is 5. The number of carbonyl (C=O) groups excluding carboxylic acids is 1. The maximum absolute atomic E-state index is 12.8. The second-order valence-electron chi connectivity index (χ2n) is 9.10. The molecule has 0 aliphatic carbocycles. The number of carbonyl (C=O) groups is 1. The van der Waals surface area contributed by atoms with Crippen LogP contribution in [0.1, 0.15) is 49.9 Å². The molecule has 3 aromatic rings. The van der Waals surface area contributed by atoms with E-state index in [1.165, 1.54) is 0 Å². The highest BCUT2D eigenvalue weighted by Crippen LogP contribution is 2.28. The van der Waals surface area contributed by atoms with E-state index in [0.29, 0.717) is 11.3 Å². The zero-order chi connectivity index (χ0) is 24.3. The van der Waals surface area contributed by atoms with E-state index in [1.54, 1.807) is 6.92 Å². The van der Waals surface area contributed by atoms with Crippen LogP contribution in [-0.4, -0.2) is 21.1 Å². The van der Waals surface area contributed by atoms with Crippen molar-refractivity contribution in [2.45, 2.75) is 57.4 Å². The third-order valence-corrected chi connectivity index (χ3v) is 6.33. The van der Waals surface area contributed by atoms with Gasteiger partial charge in [-0.1, -0.05) is 68.9 Å². The lowest BCUT2D eigenvalue weighted by Crippen LogP contribution is -2.24. The van der Waals surface area contributed by atoms with Gasteiger partial charge in [0, 0.05) is 11.3 Å². The lowest BCUT2D eigenvalue weighted by atomic mass is 9.86. The molecule has 1 amide bonds. The van der Waals surface area contributed by atoms with Crippen LogP contribution in [-0.2, 0) is 10.2 Å². The average molecular weight is 461 g/mol. The molecule has 0 saturated heterocycles. The molecule has 0 bridgehead atoms. The monoisotopic (exact) mass is 460 g/mol. The van der Waals surface area contributed by atoms with Gasteiger partial charge in [0.25, 0.3) is 5.56 Å². The second-order valence-corrected chi connectivity index (χ2v) is 10.4. The van der Waals surface area contributed by atoms with E-state index in [9.17, 15) is 14.9 Å². The Morgan fingerprint density at radius 2 is 1.82 bits per heavy atom. The maximum atomic E-state index is 12.8. The normalized spacial score (nSPS) is 12.2. The molecule has 1 atom stereocenters. The number of nitrogens with one attached hydrogen (secondary N) is 2. The predicted molar refractivity (Wildman–Crippen MR) is 134 cm³/mol. The summed E-state index contributed by atoms with van der Waals surface area (Å²) in [6, 6.07) is 15.5. The minimum absolute atomic E-state index is 0.0162. The quantitative estimate of drug-likeness (QED) is 0.395. The van der Waals surface area contributed by atoms with E-state index >= 15 is 0 Å². The number of aromatic nitrogens is 2. The highest BCUT2D eigenvalue weighted by atomic mass is 32.2. The number of H-pyrrole nitrogens is 1. The van der Waals surface area contributed by atoms with Gasteiger partial charge < -0.3 is 10.3 Å². The number of aryl methyl sites for hydroxylation is 2. The summed E-state index contributed by atoms with van der Waals surface area (Å²) in [5.74, 6) is -0.197. The van der Waals surface area contributed by atoms with Crippen molar-refractivity contribution in [2.24, 2.45) is 0 Å². The highest BCUT2D eigenvalue weighted by Gasteiger charge is 2.20. The molecule has 170 valence electrons. The third kappa shape index (κ3) is 5.71. The summed E-state index contributed by atoms with van der Waals surface area (Å²) < 4.78 is 0. The summed E-state index contributed by atoms with van der Waals surface area (Å²) in [6.45, 7) is 12.0. The Kier molecular flexibility index (Phi) is 7.09. The number of hydrogen-bond donors (Lipinski definition) is 2. The first-order valence-electron chi connectivity index (χ1n) is 10.7. The van der Waals surface area contributed by atoms with Crippen molar-refractivity contribution in [2.75, 3.05) is 5.32 Å². The fourth-order valence-electron chi connectivity index (χ4n) is 3.27. The van der Waals surface area contributed by atoms with E-state index in [0.717, 1.165) is 34.1 Å². The molecule has 0 unspecified atom stereocenters. The Morgan fingerprint density at radius 3 is 2.42 bits per heavy atom. The molecule has 3 rings (SSSR count). The smallest absolute Gasteiger partial charge is 0.270 e. The zero-order valence-corrected chi connectivity index (χ0v) is 20.6. The molecule has 0 saturated carbocycles. The largest absolute Gasteiger partial charge is 0.325 e. The van der Waals surface area contributed by atoms with Crippen molar-refractivity contribution in [1.82, 2.24) is 9.97 Å². The molecule has 0 aliphatic rings. The van der Waals surface area contributed by atoms with Crippen LogP contribution in [0.15, 0.2) is 52.4 Å². The Balaban J connectivity index is 1.88. The standard InChI is InChI=1S/C26H28N4O2S/c1-15-7-8-16(2)21(13-15)28-23(31)17(3)33-25-29-22(20(14-27)24(32)30-25)18-9-11-19(12-10-18)26(4,5)6/h7-13,17H,1-6H3,(H,28,31)(H,29,30,32)/t17-/m1/s1. The first-order valence-corrected chi connectivity index (χ1v) is 11.6. The molecule has 0 aliphatic heterocycles. The van der Waals surface area contributed by atoms with Gasteiger partial charge in [-0.15, -0.1) is 0 Å². The highest BCUT2D eigenvalue weighted by molar-refractivity contribution is 8.00. The van der Waals surface area contributed by atoms with E-state index in [1.807, 2.05) is 62.4 Å². The molecule has 0 spiro atoms. The molecule has 2 aromatic carbocycles. The van der Waals surface area contributed by atoms with E-state index in [-0.39, 0.29) is 22.0 Å². The number of nitrogens with zero attached hydrogens (tertiary/aromatic N) is 2. The number of thioether (sulfide) groups is 1. The summed E-state index contributed by atoms with van der Waals surface area (Å²) >= 11 is 1.14. The van der Waals surface area contributed by atoms with Crippen molar-refractivity contribution >= 4 is 23.4 Å². The predicted octanol–water partition coefficient (Wildman–Crippen LogP) is 5.34. The van der Waals surface area contributed by atoms with Crippen LogP contribution in [0.3, 0.4) is 0 Å². The maximum Gasteiger partial charge on any atom is 0.270 e. The SMILES string of the molecule is Cc1ccc(C)c(NC(=O)[C@@H](C)Sc2nc(-c3ccc(C(C)(C)C)cc3)c(C#N)c(=O)[nH]2)c1. The Bertz CT molecular complexity index is 1280. The van der Waals surface area contributed by atoms with Gasteiger partial charge in [-0.05, 0) is 48.9 Å². The number of aromatic amines is 1. The van der Waals surface area contributed by atoms with Crippen LogP contribution < -0.4 is 10.9 Å². The molecule has 6 nitrogen and oxygen atoms in total. The number of rotatable bonds is 5. The van der Waals surface area contributed by atoms with Gasteiger partial charge in [0.05, 0.1) is 10.9 Å². The van der Waals surface area contributed by atoms with Crippen LogP contribution >= 0.6 is 11.8 Å². The number of amides is 1. The van der Waals surface area contributed by atoms with Crippen LogP contribution in [0.25, 0.3) is 11.3 Å². The van der Waals surface area contributed by atoms with Gasteiger partial charge in [0.1, 0.15) is 11.6 Å². The molecule has 33 heavy (non-hydrogen) atoms. The third-order valence-electron chi connectivity index (χ3n) is 5.34. The Labute approximate surface area is 198 Å². The van der Waals surface area contributed by atoms with Crippen LogP contribution in [0.4, 0.5) is 5.69 Å². The Morgan fingerprint density at radius 1 is 1.15 bits per heavy atom. The first kappa shape index (κ1) is 24.3. The van der Waals surface area contributed by atoms with Gasteiger partial charge in [-0.25, -0.2) is 4.98 Å². The number of anilines is 1. The van der Waals surface area contributed by atoms with Gasteiger partial charge in [-0.3, -0.25) is 9.59 Å². The molecular formula is C26H28N4O2S. The van der Waals surface area contributed by atoms with E-state index < -0.39 is 10.8 Å². The van der Waals surface area contributed by atoms with Gasteiger partial charge >= 0.3 is 0 Å². The average Bonchev–Trinajstić information content (AvgIpc) is 2.75. The second kappa shape index (κ2) is 9.63. The number of nitriles is 1. The van der Waals surface area contributed by atoms with Crippen molar-refractivity contribution < 1.29 is 4.79 Å². The summed E-state index contributed by atoms with van der Waals surface area (Å²) in [5.41, 5.74) is 4.33. The van der Waals surface area contributed by atoms with Gasteiger partial charge in [-0.2, -0.15) is 5.26 Å². The fourth-order valence-corrected chi connectivity index (χ4v) is 4.07. The lowest BCUT2D eigenvalue weighted by molar-refractivity contribution is -0.115. The molecular weight excluding hydrogens is 432 g/mol. The summed E-state index contributed by atoms with van der Waals surface area (Å²) in [4.78, 5) is 32.5. The van der Waals surface area contributed by atoms with E-state index in [4.69, 9.17) is 0 Å². The van der Waals surface area contributed by atoms with E-state index in [2.05, 4.69) is 36.1 Å². The molecule has 0 radical (unpaired) electrons. The summed E-state index contributed by atoms with van der Waals surface area (Å²) in [7, 11) is 0. The number of benzene rings is 2. The molecule has 0 fully saturated rings. The van der Waals surface area contributed by atoms with Crippen molar-refractivity contribution in [3.8, 4) is 17.3 Å². The minimum atomic E-state index is -0.521.